The fourth-order valence-corrected chi connectivity index (χ4v) is 4.55. The highest BCUT2D eigenvalue weighted by molar-refractivity contribution is 7.92. The fraction of sp³-hybridized carbons (Fsp3) is 0.368. The van der Waals surface area contributed by atoms with Crippen molar-refractivity contribution in [2.75, 3.05) is 22.7 Å². The molecule has 0 atom stereocenters. The van der Waals surface area contributed by atoms with E-state index in [4.69, 9.17) is 0 Å². The fourth-order valence-electron chi connectivity index (χ4n) is 3.35. The second kappa shape index (κ2) is 6.48. The molecule has 3 rings (SSSR count). The lowest BCUT2D eigenvalue weighted by atomic mass is 10.1. The van der Waals surface area contributed by atoms with Crippen LogP contribution >= 0.6 is 0 Å². The molecule has 1 N–H and O–H groups in total. The van der Waals surface area contributed by atoms with E-state index in [1.165, 1.54) is 12.8 Å². The second-order valence-electron chi connectivity index (χ2n) is 6.57. The van der Waals surface area contributed by atoms with Gasteiger partial charge in [0.15, 0.2) is 0 Å². The van der Waals surface area contributed by atoms with Crippen LogP contribution in [-0.2, 0) is 10.0 Å². The highest BCUT2D eigenvalue weighted by Crippen LogP contribution is 2.26. The standard InChI is InChI=1S/C19H24N2O2S/c1-14-12-15(2)19(16(3)13-14)20-24(22,23)18-8-6-17(7-9-18)21-10-4-5-11-21/h6-9,12-13,20H,4-5,10-11H2,1-3H3. The van der Waals surface area contributed by atoms with E-state index < -0.39 is 10.0 Å². The van der Waals surface area contributed by atoms with Gasteiger partial charge in [-0.2, -0.15) is 0 Å². The summed E-state index contributed by atoms with van der Waals surface area (Å²) in [5.74, 6) is 0. The average Bonchev–Trinajstić information content (AvgIpc) is 3.05. The Morgan fingerprint density at radius 2 is 1.46 bits per heavy atom. The summed E-state index contributed by atoms with van der Waals surface area (Å²) in [6.07, 6.45) is 2.40. The molecule has 0 aromatic heterocycles. The van der Waals surface area contributed by atoms with Crippen LogP contribution in [-0.4, -0.2) is 21.5 Å². The number of aryl methyl sites for hydroxylation is 3. The van der Waals surface area contributed by atoms with Gasteiger partial charge in [0.2, 0.25) is 0 Å². The minimum atomic E-state index is -3.58. The molecule has 0 bridgehead atoms. The lowest BCUT2D eigenvalue weighted by Crippen LogP contribution is -2.18. The van der Waals surface area contributed by atoms with Gasteiger partial charge in [0.1, 0.15) is 0 Å². The zero-order valence-corrected chi connectivity index (χ0v) is 15.3. The quantitative estimate of drug-likeness (QED) is 0.911. The molecule has 1 aliphatic heterocycles. The molecule has 0 spiro atoms. The molecule has 0 amide bonds. The number of anilines is 2. The van der Waals surface area contributed by atoms with Crippen LogP contribution in [0.1, 0.15) is 29.5 Å². The van der Waals surface area contributed by atoms with E-state index in [-0.39, 0.29) is 0 Å². The molecular weight excluding hydrogens is 320 g/mol. The summed E-state index contributed by atoms with van der Waals surface area (Å²) in [4.78, 5) is 2.59. The van der Waals surface area contributed by atoms with Gasteiger partial charge in [0, 0.05) is 18.8 Å². The van der Waals surface area contributed by atoms with Crippen molar-refractivity contribution in [3.63, 3.8) is 0 Å². The Bertz CT molecular complexity index is 813. The molecule has 4 nitrogen and oxygen atoms in total. The zero-order valence-electron chi connectivity index (χ0n) is 14.5. The van der Waals surface area contributed by atoms with Gasteiger partial charge in [-0.3, -0.25) is 4.72 Å². The average molecular weight is 344 g/mol. The first-order valence-electron chi connectivity index (χ1n) is 8.32. The number of nitrogens with one attached hydrogen (secondary N) is 1. The number of rotatable bonds is 4. The molecule has 1 saturated heterocycles. The summed E-state index contributed by atoms with van der Waals surface area (Å²) in [5.41, 5.74) is 4.76. The Kier molecular flexibility index (Phi) is 4.54. The van der Waals surface area contributed by atoms with Crippen molar-refractivity contribution in [1.82, 2.24) is 0 Å². The van der Waals surface area contributed by atoms with E-state index in [1.54, 1.807) is 12.1 Å². The van der Waals surface area contributed by atoms with Gasteiger partial charge in [-0.05, 0) is 69.0 Å². The lowest BCUT2D eigenvalue weighted by molar-refractivity contribution is 0.601. The normalized spacial score (nSPS) is 14.9. The van der Waals surface area contributed by atoms with E-state index >= 15 is 0 Å². The molecule has 5 heteroatoms. The van der Waals surface area contributed by atoms with Crippen LogP contribution in [0.4, 0.5) is 11.4 Å². The first-order valence-corrected chi connectivity index (χ1v) is 9.81. The monoisotopic (exact) mass is 344 g/mol. The van der Waals surface area contributed by atoms with Crippen LogP contribution in [0.15, 0.2) is 41.3 Å². The Balaban J connectivity index is 1.85. The van der Waals surface area contributed by atoms with Crippen LogP contribution in [0.3, 0.4) is 0 Å². The molecule has 1 heterocycles. The number of hydrogen-bond acceptors (Lipinski definition) is 3. The summed E-state index contributed by atoms with van der Waals surface area (Å²) >= 11 is 0. The van der Waals surface area contributed by atoms with Gasteiger partial charge in [0.05, 0.1) is 10.6 Å². The smallest absolute Gasteiger partial charge is 0.261 e. The molecule has 128 valence electrons. The summed E-state index contributed by atoms with van der Waals surface area (Å²) in [5, 5.41) is 0. The molecular formula is C19H24N2O2S. The van der Waals surface area contributed by atoms with Crippen molar-refractivity contribution in [2.24, 2.45) is 0 Å². The van der Waals surface area contributed by atoms with Crippen molar-refractivity contribution >= 4 is 21.4 Å². The lowest BCUT2D eigenvalue weighted by Gasteiger charge is -2.18. The number of benzene rings is 2. The summed E-state index contributed by atoms with van der Waals surface area (Å²) in [6.45, 7) is 7.95. The molecule has 1 fully saturated rings. The minimum Gasteiger partial charge on any atom is -0.372 e. The Morgan fingerprint density at radius 3 is 2.00 bits per heavy atom. The highest BCUT2D eigenvalue weighted by Gasteiger charge is 2.18. The topological polar surface area (TPSA) is 49.4 Å². The van der Waals surface area contributed by atoms with Crippen molar-refractivity contribution in [1.29, 1.82) is 0 Å². The maximum absolute atomic E-state index is 12.7. The van der Waals surface area contributed by atoms with Crippen molar-refractivity contribution in [3.05, 3.63) is 53.1 Å². The van der Waals surface area contributed by atoms with Gasteiger partial charge < -0.3 is 4.90 Å². The predicted octanol–water partition coefficient (Wildman–Crippen LogP) is 4.01. The van der Waals surface area contributed by atoms with E-state index in [9.17, 15) is 8.42 Å². The van der Waals surface area contributed by atoms with Crippen LogP contribution < -0.4 is 9.62 Å². The molecule has 0 aliphatic carbocycles. The van der Waals surface area contributed by atoms with Gasteiger partial charge >= 0.3 is 0 Å². The third-order valence-electron chi connectivity index (χ3n) is 4.53. The molecule has 0 radical (unpaired) electrons. The van der Waals surface area contributed by atoms with E-state index in [1.807, 2.05) is 45.0 Å². The zero-order chi connectivity index (χ0) is 17.3. The minimum absolute atomic E-state index is 0.296. The molecule has 2 aromatic rings. The van der Waals surface area contributed by atoms with E-state index in [0.717, 1.165) is 35.5 Å². The molecule has 1 aliphatic rings. The van der Waals surface area contributed by atoms with Crippen LogP contribution in [0, 0.1) is 20.8 Å². The Morgan fingerprint density at radius 1 is 0.917 bits per heavy atom. The van der Waals surface area contributed by atoms with Crippen molar-refractivity contribution < 1.29 is 8.42 Å². The largest absolute Gasteiger partial charge is 0.372 e. The number of nitrogens with zero attached hydrogens (tertiary/aromatic N) is 1. The third-order valence-corrected chi connectivity index (χ3v) is 5.90. The van der Waals surface area contributed by atoms with Crippen molar-refractivity contribution in [2.45, 2.75) is 38.5 Å². The van der Waals surface area contributed by atoms with E-state index in [2.05, 4.69) is 9.62 Å². The maximum Gasteiger partial charge on any atom is 0.261 e. The third kappa shape index (κ3) is 3.41. The summed E-state index contributed by atoms with van der Waals surface area (Å²) in [7, 11) is -3.58. The predicted molar refractivity (Wildman–Crippen MR) is 99.4 cm³/mol. The van der Waals surface area contributed by atoms with Crippen LogP contribution in [0.25, 0.3) is 0 Å². The SMILES string of the molecule is Cc1cc(C)c(NS(=O)(=O)c2ccc(N3CCCC3)cc2)c(C)c1. The number of hydrogen-bond donors (Lipinski definition) is 1. The van der Waals surface area contributed by atoms with Crippen LogP contribution in [0.2, 0.25) is 0 Å². The summed E-state index contributed by atoms with van der Waals surface area (Å²) in [6, 6.07) is 11.1. The second-order valence-corrected chi connectivity index (χ2v) is 8.25. The highest BCUT2D eigenvalue weighted by atomic mass is 32.2. The Labute approximate surface area is 144 Å². The van der Waals surface area contributed by atoms with Gasteiger partial charge in [0.25, 0.3) is 10.0 Å². The molecule has 0 saturated carbocycles. The number of sulfonamides is 1. The molecule has 2 aromatic carbocycles. The first kappa shape index (κ1) is 16.8. The van der Waals surface area contributed by atoms with Gasteiger partial charge in [-0.25, -0.2) is 8.42 Å². The Hall–Kier alpha value is -2.01. The maximum atomic E-state index is 12.7. The first-order chi connectivity index (χ1) is 11.4. The van der Waals surface area contributed by atoms with Crippen molar-refractivity contribution in [3.8, 4) is 0 Å². The van der Waals surface area contributed by atoms with Gasteiger partial charge in [-0.15, -0.1) is 0 Å². The van der Waals surface area contributed by atoms with Crippen LogP contribution in [0.5, 0.6) is 0 Å². The molecule has 24 heavy (non-hydrogen) atoms. The van der Waals surface area contributed by atoms with E-state index in [0.29, 0.717) is 10.6 Å². The summed E-state index contributed by atoms with van der Waals surface area (Å²) < 4.78 is 28.1. The molecule has 0 unspecified atom stereocenters. The van der Waals surface area contributed by atoms with Gasteiger partial charge in [-0.1, -0.05) is 17.7 Å².